The van der Waals surface area contributed by atoms with Crippen LogP contribution in [0.4, 0.5) is 8.78 Å². The van der Waals surface area contributed by atoms with Crippen LogP contribution in [0.1, 0.15) is 23.7 Å². The summed E-state index contributed by atoms with van der Waals surface area (Å²) < 4.78 is 26.4. The van der Waals surface area contributed by atoms with Gasteiger partial charge in [-0.2, -0.15) is 0 Å². The fourth-order valence-electron chi connectivity index (χ4n) is 1.25. The van der Waals surface area contributed by atoms with Gasteiger partial charge in [-0.15, -0.1) is 0 Å². The predicted octanol–water partition coefficient (Wildman–Crippen LogP) is 1.47. The lowest BCUT2D eigenvalue weighted by Gasteiger charge is -2.14. The van der Waals surface area contributed by atoms with Gasteiger partial charge in [0.2, 0.25) is 0 Å². The fraction of sp³-hybridized carbons (Fsp3) is 0.364. The van der Waals surface area contributed by atoms with Gasteiger partial charge in [0.25, 0.3) is 5.91 Å². The number of aliphatic hydroxyl groups excluding tert-OH is 1. The minimum Gasteiger partial charge on any atom is -0.394 e. The summed E-state index contributed by atoms with van der Waals surface area (Å²) in [6, 6.07) is 2.71. The second-order valence-electron chi connectivity index (χ2n) is 3.36. The smallest absolute Gasteiger partial charge is 0.257 e. The molecule has 0 aromatic heterocycles. The molecule has 1 atom stereocenters. The lowest BCUT2D eigenvalue weighted by molar-refractivity contribution is 0.0906. The summed E-state index contributed by atoms with van der Waals surface area (Å²) in [6.45, 7) is 1.48. The largest absolute Gasteiger partial charge is 0.394 e. The quantitative estimate of drug-likeness (QED) is 0.821. The Hall–Kier alpha value is -1.49. The highest BCUT2D eigenvalue weighted by molar-refractivity contribution is 5.94. The molecular formula is C11H13F2NO2. The van der Waals surface area contributed by atoms with E-state index < -0.39 is 29.1 Å². The van der Waals surface area contributed by atoms with Crippen molar-refractivity contribution in [2.24, 2.45) is 0 Å². The molecule has 0 spiro atoms. The molecule has 0 aliphatic heterocycles. The van der Waals surface area contributed by atoms with Crippen molar-refractivity contribution in [2.45, 2.75) is 19.4 Å². The number of amides is 1. The number of rotatable bonds is 4. The Morgan fingerprint density at radius 1 is 1.44 bits per heavy atom. The van der Waals surface area contributed by atoms with Gasteiger partial charge in [-0.05, 0) is 18.6 Å². The maximum Gasteiger partial charge on any atom is 0.257 e. The monoisotopic (exact) mass is 229 g/mol. The standard InChI is InChI=1S/C11H13F2NO2/c1-2-7(6-15)14-11(16)10-8(12)4-3-5-9(10)13/h3-5,7,15H,2,6H2,1H3,(H,14,16)/t7-/m0/s1. The van der Waals surface area contributed by atoms with Gasteiger partial charge in [-0.1, -0.05) is 13.0 Å². The summed E-state index contributed by atoms with van der Waals surface area (Å²) in [5.74, 6) is -2.67. The molecule has 1 aromatic carbocycles. The fourth-order valence-corrected chi connectivity index (χ4v) is 1.25. The maximum absolute atomic E-state index is 13.2. The van der Waals surface area contributed by atoms with Gasteiger partial charge in [-0.25, -0.2) is 8.78 Å². The molecule has 1 rings (SSSR count). The van der Waals surface area contributed by atoms with E-state index in [1.54, 1.807) is 6.92 Å². The molecule has 16 heavy (non-hydrogen) atoms. The second-order valence-corrected chi connectivity index (χ2v) is 3.36. The van der Waals surface area contributed by atoms with Crippen molar-refractivity contribution in [3.8, 4) is 0 Å². The van der Waals surface area contributed by atoms with Crippen LogP contribution in [0.15, 0.2) is 18.2 Å². The Balaban J connectivity index is 2.88. The zero-order chi connectivity index (χ0) is 12.1. The molecule has 3 nitrogen and oxygen atoms in total. The maximum atomic E-state index is 13.2. The topological polar surface area (TPSA) is 49.3 Å². The van der Waals surface area contributed by atoms with Gasteiger partial charge in [0.1, 0.15) is 17.2 Å². The normalized spacial score (nSPS) is 12.2. The van der Waals surface area contributed by atoms with Crippen molar-refractivity contribution in [3.05, 3.63) is 35.4 Å². The van der Waals surface area contributed by atoms with Crippen LogP contribution in [-0.2, 0) is 0 Å². The summed E-state index contributed by atoms with van der Waals surface area (Å²) in [4.78, 5) is 11.5. The highest BCUT2D eigenvalue weighted by Gasteiger charge is 2.18. The zero-order valence-corrected chi connectivity index (χ0v) is 8.84. The first-order valence-corrected chi connectivity index (χ1v) is 4.95. The van der Waals surface area contributed by atoms with E-state index in [4.69, 9.17) is 5.11 Å². The van der Waals surface area contributed by atoms with Crippen molar-refractivity contribution < 1.29 is 18.7 Å². The highest BCUT2D eigenvalue weighted by atomic mass is 19.1. The van der Waals surface area contributed by atoms with Crippen LogP contribution in [0.5, 0.6) is 0 Å². The SMILES string of the molecule is CC[C@@H](CO)NC(=O)c1c(F)cccc1F. The molecule has 0 saturated carbocycles. The highest BCUT2D eigenvalue weighted by Crippen LogP contribution is 2.12. The van der Waals surface area contributed by atoms with E-state index in [0.29, 0.717) is 6.42 Å². The molecular weight excluding hydrogens is 216 g/mol. The number of hydrogen-bond acceptors (Lipinski definition) is 2. The van der Waals surface area contributed by atoms with Crippen LogP contribution in [0.25, 0.3) is 0 Å². The van der Waals surface area contributed by atoms with Crippen molar-refractivity contribution in [2.75, 3.05) is 6.61 Å². The van der Waals surface area contributed by atoms with Gasteiger partial charge in [0.15, 0.2) is 0 Å². The van der Waals surface area contributed by atoms with E-state index >= 15 is 0 Å². The summed E-state index contributed by atoms with van der Waals surface area (Å²) >= 11 is 0. The van der Waals surface area contributed by atoms with Crippen molar-refractivity contribution >= 4 is 5.91 Å². The number of nitrogens with one attached hydrogen (secondary N) is 1. The van der Waals surface area contributed by atoms with Crippen LogP contribution in [0.3, 0.4) is 0 Å². The molecule has 5 heteroatoms. The lowest BCUT2D eigenvalue weighted by atomic mass is 10.1. The first-order chi connectivity index (χ1) is 7.60. The Kier molecular flexibility index (Phi) is 4.37. The van der Waals surface area contributed by atoms with E-state index in [9.17, 15) is 13.6 Å². The van der Waals surface area contributed by atoms with Crippen molar-refractivity contribution in [1.82, 2.24) is 5.32 Å². The molecule has 2 N–H and O–H groups in total. The van der Waals surface area contributed by atoms with E-state index in [0.717, 1.165) is 12.1 Å². The van der Waals surface area contributed by atoms with Crippen LogP contribution in [0, 0.1) is 11.6 Å². The van der Waals surface area contributed by atoms with Gasteiger partial charge in [0.05, 0.1) is 12.6 Å². The number of aliphatic hydroxyl groups is 1. The molecule has 1 amide bonds. The molecule has 0 saturated heterocycles. The molecule has 0 heterocycles. The third-order valence-electron chi connectivity index (χ3n) is 2.24. The molecule has 0 aliphatic rings. The average Bonchev–Trinajstić information content (AvgIpc) is 2.25. The van der Waals surface area contributed by atoms with Crippen LogP contribution in [0.2, 0.25) is 0 Å². The molecule has 0 aliphatic carbocycles. The third kappa shape index (κ3) is 2.76. The summed E-state index contributed by atoms with van der Waals surface area (Å²) in [6.07, 6.45) is 0.484. The third-order valence-corrected chi connectivity index (χ3v) is 2.24. The van der Waals surface area contributed by atoms with E-state index in [1.807, 2.05) is 0 Å². The summed E-state index contributed by atoms with van der Waals surface area (Å²) in [7, 11) is 0. The number of halogens is 2. The molecule has 0 radical (unpaired) electrons. The number of hydrogen-bond donors (Lipinski definition) is 2. The van der Waals surface area contributed by atoms with E-state index in [1.165, 1.54) is 6.07 Å². The van der Waals surface area contributed by atoms with Crippen LogP contribution < -0.4 is 5.32 Å². The number of carbonyl (C=O) groups is 1. The van der Waals surface area contributed by atoms with Crippen molar-refractivity contribution in [3.63, 3.8) is 0 Å². The first kappa shape index (κ1) is 12.6. The van der Waals surface area contributed by atoms with Crippen LogP contribution >= 0.6 is 0 Å². The van der Waals surface area contributed by atoms with E-state index in [-0.39, 0.29) is 6.61 Å². The summed E-state index contributed by atoms with van der Waals surface area (Å²) in [5.41, 5.74) is -0.616. The van der Waals surface area contributed by atoms with Gasteiger partial charge < -0.3 is 10.4 Å². The Morgan fingerprint density at radius 2 is 2.00 bits per heavy atom. The number of carbonyl (C=O) groups excluding carboxylic acids is 1. The minimum absolute atomic E-state index is 0.266. The molecule has 0 unspecified atom stereocenters. The molecule has 0 fully saturated rings. The van der Waals surface area contributed by atoms with Crippen LogP contribution in [-0.4, -0.2) is 23.7 Å². The first-order valence-electron chi connectivity index (χ1n) is 4.95. The number of benzene rings is 1. The van der Waals surface area contributed by atoms with E-state index in [2.05, 4.69) is 5.32 Å². The minimum atomic E-state index is -0.912. The second kappa shape index (κ2) is 5.55. The van der Waals surface area contributed by atoms with Gasteiger partial charge in [-0.3, -0.25) is 4.79 Å². The van der Waals surface area contributed by atoms with Gasteiger partial charge in [0, 0.05) is 0 Å². The molecule has 0 bridgehead atoms. The Morgan fingerprint density at radius 3 is 2.44 bits per heavy atom. The van der Waals surface area contributed by atoms with Gasteiger partial charge >= 0.3 is 0 Å². The molecule has 88 valence electrons. The molecule has 1 aromatic rings. The average molecular weight is 229 g/mol. The summed E-state index contributed by atoms with van der Waals surface area (Å²) in [5, 5.41) is 11.2. The van der Waals surface area contributed by atoms with Crippen molar-refractivity contribution in [1.29, 1.82) is 0 Å². The predicted molar refractivity (Wildman–Crippen MR) is 55.0 cm³/mol. The Labute approximate surface area is 92.1 Å². The lowest BCUT2D eigenvalue weighted by Crippen LogP contribution is -2.37. The zero-order valence-electron chi connectivity index (χ0n) is 8.84. The Bertz CT molecular complexity index is 358.